The van der Waals surface area contributed by atoms with E-state index in [9.17, 15) is 4.39 Å². The number of guanidine groups is 1. The van der Waals surface area contributed by atoms with Crippen molar-refractivity contribution in [2.75, 3.05) is 39.8 Å². The Morgan fingerprint density at radius 3 is 2.46 bits per heavy atom. The SMILES string of the molecule is CN=C(NCCN1CCCCC1)NCC1(c2ccc(F)cc2)CC1. The number of hydrogen-bond donors (Lipinski definition) is 2. The van der Waals surface area contributed by atoms with Crippen LogP contribution in [0.2, 0.25) is 0 Å². The van der Waals surface area contributed by atoms with Crippen molar-refractivity contribution in [2.45, 2.75) is 37.5 Å². The number of nitrogens with one attached hydrogen (secondary N) is 2. The Kier molecular flexibility index (Phi) is 5.72. The number of benzene rings is 1. The van der Waals surface area contributed by atoms with Crippen LogP contribution in [0, 0.1) is 5.82 Å². The van der Waals surface area contributed by atoms with Gasteiger partial charge in [-0.2, -0.15) is 0 Å². The zero-order chi connectivity index (χ0) is 16.8. The molecule has 0 radical (unpaired) electrons. The molecule has 1 aromatic rings. The molecule has 2 fully saturated rings. The van der Waals surface area contributed by atoms with Crippen molar-refractivity contribution < 1.29 is 4.39 Å². The molecular formula is C19H29FN4. The van der Waals surface area contributed by atoms with Crippen molar-refractivity contribution in [1.82, 2.24) is 15.5 Å². The number of nitrogens with zero attached hydrogens (tertiary/aromatic N) is 2. The van der Waals surface area contributed by atoms with Crippen LogP contribution >= 0.6 is 0 Å². The van der Waals surface area contributed by atoms with E-state index in [0.29, 0.717) is 0 Å². The smallest absolute Gasteiger partial charge is 0.191 e. The summed E-state index contributed by atoms with van der Waals surface area (Å²) in [4.78, 5) is 6.84. The lowest BCUT2D eigenvalue weighted by Gasteiger charge is -2.26. The molecule has 1 heterocycles. The first-order valence-corrected chi connectivity index (χ1v) is 9.15. The minimum atomic E-state index is -0.169. The van der Waals surface area contributed by atoms with Crippen molar-refractivity contribution in [1.29, 1.82) is 0 Å². The molecule has 0 atom stereocenters. The number of likely N-dealkylation sites (tertiary alicyclic amines) is 1. The highest BCUT2D eigenvalue weighted by molar-refractivity contribution is 5.79. The second-order valence-corrected chi connectivity index (χ2v) is 7.04. The summed E-state index contributed by atoms with van der Waals surface area (Å²) in [5.74, 6) is 0.693. The third-order valence-corrected chi connectivity index (χ3v) is 5.30. The van der Waals surface area contributed by atoms with Crippen LogP contribution in [0.1, 0.15) is 37.7 Å². The Hall–Kier alpha value is -1.62. The van der Waals surface area contributed by atoms with Crippen LogP contribution in [0.25, 0.3) is 0 Å². The highest BCUT2D eigenvalue weighted by Gasteiger charge is 2.44. The first-order chi connectivity index (χ1) is 11.7. The lowest BCUT2D eigenvalue weighted by molar-refractivity contribution is 0.232. The van der Waals surface area contributed by atoms with Crippen molar-refractivity contribution in [2.24, 2.45) is 4.99 Å². The van der Waals surface area contributed by atoms with Crippen LogP contribution in [0.4, 0.5) is 4.39 Å². The van der Waals surface area contributed by atoms with E-state index < -0.39 is 0 Å². The summed E-state index contributed by atoms with van der Waals surface area (Å²) in [6.45, 7) is 5.29. The van der Waals surface area contributed by atoms with Crippen LogP contribution in [0.5, 0.6) is 0 Å². The minimum Gasteiger partial charge on any atom is -0.356 e. The predicted octanol–water partition coefficient (Wildman–Crippen LogP) is 2.51. The van der Waals surface area contributed by atoms with E-state index >= 15 is 0 Å². The summed E-state index contributed by atoms with van der Waals surface area (Å²) < 4.78 is 13.1. The fourth-order valence-corrected chi connectivity index (χ4v) is 3.51. The molecule has 0 bridgehead atoms. The molecule has 1 saturated carbocycles. The monoisotopic (exact) mass is 332 g/mol. The third-order valence-electron chi connectivity index (χ3n) is 5.30. The van der Waals surface area contributed by atoms with E-state index in [0.717, 1.165) is 38.4 Å². The molecule has 1 aliphatic carbocycles. The zero-order valence-electron chi connectivity index (χ0n) is 14.7. The van der Waals surface area contributed by atoms with Gasteiger partial charge in [-0.15, -0.1) is 0 Å². The van der Waals surface area contributed by atoms with Gasteiger partial charge in [0.25, 0.3) is 0 Å². The molecule has 5 heteroatoms. The summed E-state index contributed by atoms with van der Waals surface area (Å²) in [6.07, 6.45) is 6.33. The van der Waals surface area contributed by atoms with Gasteiger partial charge in [0.05, 0.1) is 0 Å². The Balaban J connectivity index is 1.43. The fourth-order valence-electron chi connectivity index (χ4n) is 3.51. The van der Waals surface area contributed by atoms with Crippen molar-refractivity contribution in [3.05, 3.63) is 35.6 Å². The first-order valence-electron chi connectivity index (χ1n) is 9.15. The molecule has 2 N–H and O–H groups in total. The Bertz CT molecular complexity index is 545. The number of halogens is 1. The van der Waals surface area contributed by atoms with E-state index in [1.54, 1.807) is 12.1 Å². The molecular weight excluding hydrogens is 303 g/mol. The molecule has 0 aromatic heterocycles. The molecule has 1 saturated heterocycles. The van der Waals surface area contributed by atoms with E-state index in [1.807, 2.05) is 19.2 Å². The Labute approximate surface area is 144 Å². The van der Waals surface area contributed by atoms with Crippen molar-refractivity contribution in [3.63, 3.8) is 0 Å². The van der Waals surface area contributed by atoms with Gasteiger partial charge < -0.3 is 15.5 Å². The molecule has 0 spiro atoms. The molecule has 3 rings (SSSR count). The second kappa shape index (κ2) is 7.97. The van der Waals surface area contributed by atoms with Crippen LogP contribution in [-0.2, 0) is 5.41 Å². The number of rotatable bonds is 6. The zero-order valence-corrected chi connectivity index (χ0v) is 14.7. The van der Waals surface area contributed by atoms with Gasteiger partial charge in [-0.25, -0.2) is 4.39 Å². The normalized spacial score (nSPS) is 20.7. The quantitative estimate of drug-likeness (QED) is 0.621. The van der Waals surface area contributed by atoms with Gasteiger partial charge in [0.1, 0.15) is 5.82 Å². The van der Waals surface area contributed by atoms with E-state index in [4.69, 9.17) is 0 Å². The average molecular weight is 332 g/mol. The molecule has 0 amide bonds. The van der Waals surface area contributed by atoms with Gasteiger partial charge >= 0.3 is 0 Å². The molecule has 2 aliphatic rings. The average Bonchev–Trinajstić information content (AvgIpc) is 3.40. The maximum absolute atomic E-state index is 13.1. The van der Waals surface area contributed by atoms with Gasteiger partial charge in [-0.3, -0.25) is 4.99 Å². The van der Waals surface area contributed by atoms with Gasteiger partial charge in [-0.1, -0.05) is 18.6 Å². The number of piperidine rings is 1. The highest BCUT2D eigenvalue weighted by Crippen LogP contribution is 2.47. The predicted molar refractivity (Wildman–Crippen MR) is 97.0 cm³/mol. The molecule has 1 aliphatic heterocycles. The van der Waals surface area contributed by atoms with Crippen molar-refractivity contribution in [3.8, 4) is 0 Å². The molecule has 132 valence electrons. The number of hydrogen-bond acceptors (Lipinski definition) is 2. The standard InChI is InChI=1S/C19H29FN4/c1-21-18(22-11-14-24-12-3-2-4-13-24)23-15-19(9-10-19)16-5-7-17(20)8-6-16/h5-8H,2-4,9-15H2,1H3,(H2,21,22,23). The first kappa shape index (κ1) is 17.2. The molecule has 24 heavy (non-hydrogen) atoms. The lowest BCUT2D eigenvalue weighted by atomic mass is 9.96. The van der Waals surface area contributed by atoms with Crippen LogP contribution in [-0.4, -0.2) is 50.6 Å². The van der Waals surface area contributed by atoms with Gasteiger partial charge in [0.2, 0.25) is 0 Å². The Morgan fingerprint density at radius 2 is 1.83 bits per heavy atom. The summed E-state index contributed by atoms with van der Waals surface area (Å²) in [5.41, 5.74) is 1.37. The minimum absolute atomic E-state index is 0.151. The number of aliphatic imine (C=N–C) groups is 1. The maximum atomic E-state index is 13.1. The highest BCUT2D eigenvalue weighted by atomic mass is 19.1. The summed E-state index contributed by atoms with van der Waals surface area (Å²) in [6, 6.07) is 6.94. The van der Waals surface area contributed by atoms with E-state index in [-0.39, 0.29) is 11.2 Å². The van der Waals surface area contributed by atoms with Gasteiger partial charge in [0, 0.05) is 32.1 Å². The summed E-state index contributed by atoms with van der Waals surface area (Å²) in [7, 11) is 1.81. The van der Waals surface area contributed by atoms with E-state index in [2.05, 4.69) is 20.5 Å². The summed E-state index contributed by atoms with van der Waals surface area (Å²) in [5, 5.41) is 6.86. The van der Waals surface area contributed by atoms with Crippen molar-refractivity contribution >= 4 is 5.96 Å². The lowest BCUT2D eigenvalue weighted by Crippen LogP contribution is -2.44. The molecule has 1 aromatic carbocycles. The third kappa shape index (κ3) is 4.47. The van der Waals surface area contributed by atoms with Crippen LogP contribution in [0.3, 0.4) is 0 Å². The largest absolute Gasteiger partial charge is 0.356 e. The van der Waals surface area contributed by atoms with Crippen LogP contribution < -0.4 is 10.6 Å². The van der Waals surface area contributed by atoms with Gasteiger partial charge in [-0.05, 0) is 56.5 Å². The fraction of sp³-hybridized carbons (Fsp3) is 0.632. The van der Waals surface area contributed by atoms with Gasteiger partial charge in [0.15, 0.2) is 5.96 Å². The molecule has 4 nitrogen and oxygen atoms in total. The Morgan fingerprint density at radius 1 is 1.12 bits per heavy atom. The second-order valence-electron chi connectivity index (χ2n) is 7.04. The van der Waals surface area contributed by atoms with E-state index in [1.165, 1.54) is 37.9 Å². The topological polar surface area (TPSA) is 39.7 Å². The maximum Gasteiger partial charge on any atom is 0.191 e. The summed E-state index contributed by atoms with van der Waals surface area (Å²) >= 11 is 0. The molecule has 0 unspecified atom stereocenters. The van der Waals surface area contributed by atoms with Crippen LogP contribution in [0.15, 0.2) is 29.3 Å².